The van der Waals surface area contributed by atoms with Crippen LogP contribution in [0, 0.1) is 6.92 Å². The molecule has 4 heterocycles. The van der Waals surface area contributed by atoms with E-state index >= 15 is 0 Å². The van der Waals surface area contributed by atoms with Gasteiger partial charge < -0.3 is 14.6 Å². The van der Waals surface area contributed by atoms with Gasteiger partial charge in [-0.15, -0.1) is 0 Å². The first-order valence-electron chi connectivity index (χ1n) is 10.6. The highest BCUT2D eigenvalue weighted by Crippen LogP contribution is 2.33. The van der Waals surface area contributed by atoms with Gasteiger partial charge in [0.15, 0.2) is 17.9 Å². The molecule has 2 N–H and O–H groups in total. The Morgan fingerprint density at radius 3 is 2.90 bits per heavy atom. The maximum atomic E-state index is 13.0. The number of aryl methyl sites for hydroxylation is 2. The van der Waals surface area contributed by atoms with Gasteiger partial charge in [0.2, 0.25) is 5.89 Å². The van der Waals surface area contributed by atoms with E-state index in [0.717, 1.165) is 18.4 Å². The van der Waals surface area contributed by atoms with Crippen LogP contribution in [0.15, 0.2) is 29.0 Å². The lowest BCUT2D eigenvalue weighted by Gasteiger charge is -2.37. The summed E-state index contributed by atoms with van der Waals surface area (Å²) in [6.45, 7) is 4.82. The first-order chi connectivity index (χ1) is 15.1. The Bertz CT molecular complexity index is 1020. The number of fused-ring (bicyclic) bond motifs is 1. The summed E-state index contributed by atoms with van der Waals surface area (Å²) in [7, 11) is 0. The van der Waals surface area contributed by atoms with Crippen LogP contribution >= 0.6 is 0 Å². The summed E-state index contributed by atoms with van der Waals surface area (Å²) in [4.78, 5) is 32.2. The molecular formula is C21H27N7O3. The van der Waals surface area contributed by atoms with E-state index in [0.29, 0.717) is 61.4 Å². The Balaban J connectivity index is 1.38. The zero-order chi connectivity index (χ0) is 21.8. The minimum Gasteiger partial charge on any atom is -0.368 e. The van der Waals surface area contributed by atoms with Crippen molar-refractivity contribution in [3.05, 3.63) is 53.3 Å². The molecule has 0 bridgehead atoms. The van der Waals surface area contributed by atoms with Gasteiger partial charge in [-0.1, -0.05) is 24.6 Å². The van der Waals surface area contributed by atoms with E-state index in [-0.39, 0.29) is 6.03 Å². The zero-order valence-corrected chi connectivity index (χ0v) is 17.8. The summed E-state index contributed by atoms with van der Waals surface area (Å²) in [6.07, 6.45) is 5.92. The van der Waals surface area contributed by atoms with Crippen LogP contribution in [0.4, 0.5) is 10.6 Å². The van der Waals surface area contributed by atoms with Crippen LogP contribution in [-0.2, 0) is 12.8 Å². The molecule has 0 aliphatic carbocycles. The van der Waals surface area contributed by atoms with Gasteiger partial charge in [-0.3, -0.25) is 14.8 Å². The lowest BCUT2D eigenvalue weighted by Crippen LogP contribution is -2.50. The summed E-state index contributed by atoms with van der Waals surface area (Å²) in [5, 5.41) is 14.8. The molecule has 0 fully saturated rings. The lowest BCUT2D eigenvalue weighted by atomic mass is 10.2. The van der Waals surface area contributed by atoms with Crippen molar-refractivity contribution in [3.63, 3.8) is 0 Å². The molecule has 0 saturated heterocycles. The van der Waals surface area contributed by atoms with Crippen LogP contribution in [0.3, 0.4) is 0 Å². The minimum absolute atomic E-state index is 0.234. The van der Waals surface area contributed by atoms with E-state index in [9.17, 15) is 9.90 Å². The van der Waals surface area contributed by atoms with E-state index in [4.69, 9.17) is 4.52 Å². The average Bonchev–Trinajstić information content (AvgIpc) is 3.37. The molecular weight excluding hydrogens is 398 g/mol. The number of carbonyl (C=O) groups is 1. The number of pyridine rings is 1. The van der Waals surface area contributed by atoms with E-state index in [1.807, 2.05) is 19.1 Å². The number of aromatic nitrogens is 5. The molecule has 10 heteroatoms. The van der Waals surface area contributed by atoms with Gasteiger partial charge in [0, 0.05) is 38.3 Å². The average molecular weight is 425 g/mol. The Hall–Kier alpha value is -3.27. The number of unbranched alkanes of at least 4 members (excludes halogenated alkanes) is 1. The van der Waals surface area contributed by atoms with Crippen molar-refractivity contribution in [2.45, 2.75) is 52.2 Å². The molecule has 0 saturated carbocycles. The highest BCUT2D eigenvalue weighted by molar-refractivity contribution is 5.93. The van der Waals surface area contributed by atoms with E-state index in [1.165, 1.54) is 4.90 Å². The minimum atomic E-state index is -1.05. The predicted octanol–water partition coefficient (Wildman–Crippen LogP) is 2.75. The molecule has 1 aliphatic rings. The van der Waals surface area contributed by atoms with E-state index in [2.05, 4.69) is 32.0 Å². The van der Waals surface area contributed by atoms with Crippen LogP contribution in [-0.4, -0.2) is 54.2 Å². The Morgan fingerprint density at radius 2 is 2.13 bits per heavy atom. The molecule has 0 radical (unpaired) electrons. The Morgan fingerprint density at radius 1 is 1.26 bits per heavy atom. The number of amides is 2. The number of rotatable bonds is 9. The fourth-order valence-electron chi connectivity index (χ4n) is 3.67. The monoisotopic (exact) mass is 425 g/mol. The first-order valence-corrected chi connectivity index (χ1v) is 10.6. The first kappa shape index (κ1) is 21.0. The number of hydrogen-bond acceptors (Lipinski definition) is 7. The van der Waals surface area contributed by atoms with Crippen LogP contribution in [0.1, 0.15) is 61.2 Å². The fourth-order valence-corrected chi connectivity index (χ4v) is 3.67. The molecule has 1 unspecified atom stereocenters. The van der Waals surface area contributed by atoms with Crippen LogP contribution in [0.25, 0.3) is 0 Å². The lowest BCUT2D eigenvalue weighted by molar-refractivity contribution is 0.0234. The molecule has 1 aliphatic heterocycles. The fraction of sp³-hybridized carbons (Fsp3) is 0.476. The standard InChI is InChI=1S/C21H27N7O3/c1-3-4-10-27-19-18(23-14(2)24-19)20(29)28(21(27)30)11-6-8-17-25-16(26-31-17)12-15-7-5-9-22-13-15/h5,7,9,13,20,29H,3-4,6,8,10-12H2,1-2H3,(H,23,24). The number of aliphatic hydroxyl groups is 1. The molecule has 164 valence electrons. The number of H-pyrrole nitrogens is 1. The number of aromatic amines is 1. The normalized spacial score (nSPS) is 16.1. The second-order valence-corrected chi connectivity index (χ2v) is 7.66. The van der Waals surface area contributed by atoms with Gasteiger partial charge in [-0.25, -0.2) is 9.78 Å². The molecule has 0 aromatic carbocycles. The van der Waals surface area contributed by atoms with Crippen LogP contribution < -0.4 is 4.90 Å². The Kier molecular flexibility index (Phi) is 6.26. The largest absolute Gasteiger partial charge is 0.368 e. The van der Waals surface area contributed by atoms with Gasteiger partial charge in [0.25, 0.3) is 0 Å². The topological polar surface area (TPSA) is 124 Å². The predicted molar refractivity (Wildman–Crippen MR) is 112 cm³/mol. The van der Waals surface area contributed by atoms with E-state index in [1.54, 1.807) is 17.3 Å². The summed E-state index contributed by atoms with van der Waals surface area (Å²) < 4.78 is 5.34. The summed E-state index contributed by atoms with van der Waals surface area (Å²) in [5.74, 6) is 2.31. The van der Waals surface area contributed by atoms with Crippen molar-refractivity contribution in [3.8, 4) is 0 Å². The van der Waals surface area contributed by atoms with E-state index < -0.39 is 6.23 Å². The van der Waals surface area contributed by atoms with Crippen LogP contribution in [0.2, 0.25) is 0 Å². The second-order valence-electron chi connectivity index (χ2n) is 7.66. The highest BCUT2D eigenvalue weighted by atomic mass is 16.5. The molecule has 4 rings (SSSR count). The maximum absolute atomic E-state index is 13.0. The number of urea groups is 1. The second kappa shape index (κ2) is 9.25. The molecule has 2 amide bonds. The maximum Gasteiger partial charge on any atom is 0.328 e. The smallest absolute Gasteiger partial charge is 0.328 e. The number of aliphatic hydroxyl groups excluding tert-OH is 1. The number of anilines is 1. The molecule has 3 aromatic rings. The third kappa shape index (κ3) is 4.58. The van der Waals surface area contributed by atoms with Crippen molar-refractivity contribution in [2.75, 3.05) is 18.0 Å². The van der Waals surface area contributed by atoms with Gasteiger partial charge in [-0.2, -0.15) is 4.98 Å². The molecule has 0 spiro atoms. The third-order valence-electron chi connectivity index (χ3n) is 5.24. The number of imidazole rings is 1. The van der Waals surface area contributed by atoms with Gasteiger partial charge >= 0.3 is 6.03 Å². The zero-order valence-electron chi connectivity index (χ0n) is 17.8. The number of carbonyl (C=O) groups excluding carboxylic acids is 1. The molecule has 31 heavy (non-hydrogen) atoms. The van der Waals surface area contributed by atoms with Crippen molar-refractivity contribution in [1.82, 2.24) is 30.0 Å². The highest BCUT2D eigenvalue weighted by Gasteiger charge is 2.38. The molecule has 10 nitrogen and oxygen atoms in total. The number of hydrogen-bond donors (Lipinski definition) is 2. The quantitative estimate of drug-likeness (QED) is 0.540. The number of nitrogens with one attached hydrogen (secondary N) is 1. The summed E-state index contributed by atoms with van der Waals surface area (Å²) in [5.41, 5.74) is 1.57. The summed E-state index contributed by atoms with van der Waals surface area (Å²) in [6, 6.07) is 3.60. The molecule has 1 atom stereocenters. The Labute approximate surface area is 180 Å². The number of nitrogens with zero attached hydrogens (tertiary/aromatic N) is 6. The summed E-state index contributed by atoms with van der Waals surface area (Å²) >= 11 is 0. The van der Waals surface area contributed by atoms with Crippen molar-refractivity contribution in [1.29, 1.82) is 0 Å². The van der Waals surface area contributed by atoms with Crippen molar-refractivity contribution < 1.29 is 14.4 Å². The SMILES string of the molecule is CCCCN1C(=O)N(CCCc2nc(Cc3cccnc3)no2)C(O)c2[nH]c(C)nc21. The third-order valence-corrected chi connectivity index (χ3v) is 5.24. The van der Waals surface area contributed by atoms with Gasteiger partial charge in [0.05, 0.1) is 0 Å². The van der Waals surface area contributed by atoms with Crippen molar-refractivity contribution >= 4 is 11.8 Å². The molecule has 3 aromatic heterocycles. The van der Waals surface area contributed by atoms with Crippen LogP contribution in [0.5, 0.6) is 0 Å². The van der Waals surface area contributed by atoms with Gasteiger partial charge in [0.1, 0.15) is 11.5 Å². The van der Waals surface area contributed by atoms with Crippen molar-refractivity contribution in [2.24, 2.45) is 0 Å². The van der Waals surface area contributed by atoms with Gasteiger partial charge in [-0.05, 0) is 31.4 Å².